The highest BCUT2D eigenvalue weighted by atomic mass is 16.5. The number of ether oxygens (including phenoxy) is 1. The number of pyridine rings is 1. The Hall–Kier alpha value is -1.29. The lowest BCUT2D eigenvalue weighted by Crippen LogP contribution is -2.34. The van der Waals surface area contributed by atoms with E-state index in [-0.39, 0.29) is 5.41 Å². The van der Waals surface area contributed by atoms with Gasteiger partial charge in [0.2, 0.25) is 5.88 Å². The van der Waals surface area contributed by atoms with Crippen LogP contribution in [0.2, 0.25) is 0 Å². The fraction of sp³-hybridized carbons (Fsp3) is 0.643. The number of aromatic nitrogens is 1. The van der Waals surface area contributed by atoms with E-state index in [1.807, 2.05) is 25.1 Å². The van der Waals surface area contributed by atoms with E-state index in [0.717, 1.165) is 18.9 Å². The summed E-state index contributed by atoms with van der Waals surface area (Å²) in [5.41, 5.74) is 0.201. The van der Waals surface area contributed by atoms with Crippen LogP contribution in [0.4, 0.5) is 5.82 Å². The van der Waals surface area contributed by atoms with Gasteiger partial charge in [0.25, 0.3) is 0 Å². The van der Waals surface area contributed by atoms with Gasteiger partial charge >= 0.3 is 0 Å². The topological polar surface area (TPSA) is 37.4 Å². The first kappa shape index (κ1) is 14.8. The van der Waals surface area contributed by atoms with Crippen molar-refractivity contribution in [3.8, 4) is 5.88 Å². The molecule has 0 aliphatic carbocycles. The van der Waals surface area contributed by atoms with E-state index >= 15 is 0 Å². The zero-order chi connectivity index (χ0) is 13.6. The van der Waals surface area contributed by atoms with E-state index in [1.165, 1.54) is 0 Å². The predicted octanol–water partition coefficient (Wildman–Crippen LogP) is 2.48. The van der Waals surface area contributed by atoms with Gasteiger partial charge in [-0.1, -0.05) is 19.9 Å². The summed E-state index contributed by atoms with van der Waals surface area (Å²) >= 11 is 0. The molecular weight excluding hydrogens is 226 g/mol. The standard InChI is InChI=1S/C14H25N3O/c1-6-18-13-9-7-8-12(16-13)15-10-14(2,3)11-17(4)5/h7-9H,6,10-11H2,1-5H3,(H,15,16). The van der Waals surface area contributed by atoms with Crippen LogP contribution in [0.15, 0.2) is 18.2 Å². The highest BCUT2D eigenvalue weighted by Gasteiger charge is 2.18. The van der Waals surface area contributed by atoms with Crippen LogP contribution in [-0.4, -0.2) is 43.7 Å². The van der Waals surface area contributed by atoms with Gasteiger partial charge in [0, 0.05) is 19.2 Å². The molecule has 4 nitrogen and oxygen atoms in total. The minimum atomic E-state index is 0.201. The molecule has 0 amide bonds. The molecule has 0 atom stereocenters. The first-order valence-corrected chi connectivity index (χ1v) is 6.41. The third-order valence-corrected chi connectivity index (χ3v) is 2.51. The SMILES string of the molecule is CCOc1cccc(NCC(C)(C)CN(C)C)n1. The van der Waals surface area contributed by atoms with E-state index in [1.54, 1.807) is 0 Å². The number of rotatable bonds is 7. The highest BCUT2D eigenvalue weighted by molar-refractivity contribution is 5.37. The summed E-state index contributed by atoms with van der Waals surface area (Å²) in [5, 5.41) is 3.37. The van der Waals surface area contributed by atoms with Gasteiger partial charge in [-0.3, -0.25) is 0 Å². The van der Waals surface area contributed by atoms with E-state index < -0.39 is 0 Å². The van der Waals surface area contributed by atoms with E-state index in [2.05, 4.69) is 43.1 Å². The molecule has 1 aromatic rings. The molecule has 0 radical (unpaired) electrons. The molecule has 102 valence electrons. The van der Waals surface area contributed by atoms with Crippen molar-refractivity contribution in [3.05, 3.63) is 18.2 Å². The minimum absolute atomic E-state index is 0.201. The van der Waals surface area contributed by atoms with E-state index in [4.69, 9.17) is 4.74 Å². The van der Waals surface area contributed by atoms with Crippen molar-refractivity contribution in [2.24, 2.45) is 5.41 Å². The third kappa shape index (κ3) is 5.36. The molecule has 0 fully saturated rings. The molecule has 4 heteroatoms. The Bertz CT molecular complexity index is 364. The molecule has 0 saturated carbocycles. The van der Waals surface area contributed by atoms with Crippen molar-refractivity contribution >= 4 is 5.82 Å². The van der Waals surface area contributed by atoms with Crippen molar-refractivity contribution in [3.63, 3.8) is 0 Å². The second kappa shape index (κ2) is 6.59. The summed E-state index contributed by atoms with van der Waals surface area (Å²) in [7, 11) is 4.19. The van der Waals surface area contributed by atoms with Gasteiger partial charge in [-0.2, -0.15) is 4.98 Å². The molecule has 0 bridgehead atoms. The van der Waals surface area contributed by atoms with Gasteiger partial charge in [0.05, 0.1) is 6.61 Å². The second-order valence-corrected chi connectivity index (χ2v) is 5.55. The monoisotopic (exact) mass is 251 g/mol. The molecule has 0 saturated heterocycles. The largest absolute Gasteiger partial charge is 0.478 e. The number of hydrogen-bond donors (Lipinski definition) is 1. The van der Waals surface area contributed by atoms with Crippen LogP contribution in [-0.2, 0) is 0 Å². The summed E-state index contributed by atoms with van der Waals surface area (Å²) in [4.78, 5) is 6.60. The smallest absolute Gasteiger partial charge is 0.215 e. The molecule has 0 unspecified atom stereocenters. The first-order valence-electron chi connectivity index (χ1n) is 6.41. The zero-order valence-corrected chi connectivity index (χ0v) is 12.2. The highest BCUT2D eigenvalue weighted by Crippen LogP contribution is 2.18. The summed E-state index contributed by atoms with van der Waals surface area (Å²) in [6.07, 6.45) is 0. The Labute approximate surface area is 110 Å². The van der Waals surface area contributed by atoms with Gasteiger partial charge in [-0.05, 0) is 32.5 Å². The predicted molar refractivity (Wildman–Crippen MR) is 76.2 cm³/mol. The first-order chi connectivity index (χ1) is 8.43. The molecule has 0 aromatic carbocycles. The van der Waals surface area contributed by atoms with Crippen LogP contribution in [0.3, 0.4) is 0 Å². The molecule has 0 spiro atoms. The van der Waals surface area contributed by atoms with Crippen LogP contribution in [0.25, 0.3) is 0 Å². The minimum Gasteiger partial charge on any atom is -0.478 e. The average molecular weight is 251 g/mol. The van der Waals surface area contributed by atoms with Gasteiger partial charge in [-0.15, -0.1) is 0 Å². The summed E-state index contributed by atoms with van der Waals surface area (Å²) in [6, 6.07) is 5.80. The normalized spacial score (nSPS) is 11.7. The van der Waals surface area contributed by atoms with Crippen molar-refractivity contribution in [2.45, 2.75) is 20.8 Å². The third-order valence-electron chi connectivity index (χ3n) is 2.51. The van der Waals surface area contributed by atoms with Gasteiger partial charge < -0.3 is 15.0 Å². The van der Waals surface area contributed by atoms with Crippen LogP contribution in [0, 0.1) is 5.41 Å². The Balaban J connectivity index is 2.54. The lowest BCUT2D eigenvalue weighted by Gasteiger charge is -2.28. The quantitative estimate of drug-likeness (QED) is 0.808. The molecule has 0 aliphatic heterocycles. The fourth-order valence-corrected chi connectivity index (χ4v) is 1.98. The maximum absolute atomic E-state index is 5.38. The lowest BCUT2D eigenvalue weighted by atomic mass is 9.93. The molecule has 1 rings (SSSR count). The van der Waals surface area contributed by atoms with Crippen LogP contribution < -0.4 is 10.1 Å². The van der Waals surface area contributed by atoms with Crippen LogP contribution in [0.5, 0.6) is 5.88 Å². The molecule has 1 aromatic heterocycles. The van der Waals surface area contributed by atoms with Crippen molar-refractivity contribution in [1.29, 1.82) is 0 Å². The van der Waals surface area contributed by atoms with Crippen molar-refractivity contribution in [2.75, 3.05) is 39.1 Å². The molecule has 18 heavy (non-hydrogen) atoms. The van der Waals surface area contributed by atoms with Gasteiger partial charge in [-0.25, -0.2) is 0 Å². The van der Waals surface area contributed by atoms with E-state index in [0.29, 0.717) is 12.5 Å². The van der Waals surface area contributed by atoms with Crippen molar-refractivity contribution in [1.82, 2.24) is 9.88 Å². The van der Waals surface area contributed by atoms with Gasteiger partial charge in [0.15, 0.2) is 0 Å². The van der Waals surface area contributed by atoms with Crippen LogP contribution >= 0.6 is 0 Å². The Morgan fingerprint density at radius 3 is 2.67 bits per heavy atom. The fourth-order valence-electron chi connectivity index (χ4n) is 1.98. The van der Waals surface area contributed by atoms with E-state index in [9.17, 15) is 0 Å². The molecule has 0 aliphatic rings. The maximum atomic E-state index is 5.38. The zero-order valence-electron chi connectivity index (χ0n) is 12.2. The van der Waals surface area contributed by atoms with Gasteiger partial charge in [0.1, 0.15) is 5.82 Å². The number of nitrogens with zero attached hydrogens (tertiary/aromatic N) is 2. The Kier molecular flexibility index (Phi) is 5.41. The Morgan fingerprint density at radius 1 is 1.33 bits per heavy atom. The summed E-state index contributed by atoms with van der Waals surface area (Å²) in [5.74, 6) is 1.54. The average Bonchev–Trinajstić information content (AvgIpc) is 2.26. The summed E-state index contributed by atoms with van der Waals surface area (Å²) < 4.78 is 5.38. The second-order valence-electron chi connectivity index (χ2n) is 5.55. The lowest BCUT2D eigenvalue weighted by molar-refractivity contribution is 0.254. The molecule has 1 N–H and O–H groups in total. The number of nitrogens with one attached hydrogen (secondary N) is 1. The number of anilines is 1. The maximum Gasteiger partial charge on any atom is 0.215 e. The molecular formula is C14H25N3O. The number of hydrogen-bond acceptors (Lipinski definition) is 4. The molecule has 1 heterocycles. The Morgan fingerprint density at radius 2 is 2.06 bits per heavy atom. The summed E-state index contributed by atoms with van der Waals surface area (Å²) in [6.45, 7) is 9.00. The van der Waals surface area contributed by atoms with Crippen molar-refractivity contribution < 1.29 is 4.74 Å². The van der Waals surface area contributed by atoms with Crippen LogP contribution in [0.1, 0.15) is 20.8 Å².